The number of pyridine rings is 1. The molecule has 2 rings (SSSR count). The minimum atomic E-state index is -0.553. The standard InChI is InChI=1S/C15H12FN3O2/c1-18-14(20)9-19-13(7-4-11(8-17)15(19)21)10-2-5-12(16)6-3-10/h2-7H,9H2,1H3,(H,18,20). The van der Waals surface area contributed by atoms with E-state index in [4.69, 9.17) is 5.26 Å². The quantitative estimate of drug-likeness (QED) is 0.922. The number of halogens is 1. The van der Waals surface area contributed by atoms with Gasteiger partial charge in [-0.1, -0.05) is 0 Å². The molecule has 1 aromatic carbocycles. The minimum Gasteiger partial charge on any atom is -0.358 e. The van der Waals surface area contributed by atoms with Gasteiger partial charge in [-0.15, -0.1) is 0 Å². The molecular formula is C15H12FN3O2. The largest absolute Gasteiger partial charge is 0.358 e. The predicted octanol–water partition coefficient (Wildman–Crippen LogP) is 1.27. The number of nitrogens with zero attached hydrogens (tertiary/aromatic N) is 2. The van der Waals surface area contributed by atoms with Crippen LogP contribution in [0.25, 0.3) is 11.3 Å². The molecule has 0 aliphatic heterocycles. The number of benzene rings is 1. The first kappa shape index (κ1) is 14.5. The molecule has 1 N–H and O–H groups in total. The van der Waals surface area contributed by atoms with Crippen LogP contribution >= 0.6 is 0 Å². The summed E-state index contributed by atoms with van der Waals surface area (Å²) in [5.41, 5.74) is 0.428. The lowest BCUT2D eigenvalue weighted by Crippen LogP contribution is -2.32. The number of hydrogen-bond donors (Lipinski definition) is 1. The van der Waals surface area contributed by atoms with Crippen LogP contribution in [0.1, 0.15) is 5.56 Å². The van der Waals surface area contributed by atoms with E-state index in [1.807, 2.05) is 0 Å². The summed E-state index contributed by atoms with van der Waals surface area (Å²) in [6.07, 6.45) is 0. The third-order valence-corrected chi connectivity index (χ3v) is 3.02. The molecule has 0 radical (unpaired) electrons. The van der Waals surface area contributed by atoms with Gasteiger partial charge < -0.3 is 5.32 Å². The summed E-state index contributed by atoms with van der Waals surface area (Å²) in [6, 6.07) is 10.3. The summed E-state index contributed by atoms with van der Waals surface area (Å²) in [7, 11) is 1.46. The van der Waals surface area contributed by atoms with Crippen LogP contribution in [0.15, 0.2) is 41.2 Å². The van der Waals surface area contributed by atoms with Crippen molar-refractivity contribution >= 4 is 5.91 Å². The van der Waals surface area contributed by atoms with Gasteiger partial charge in [0.1, 0.15) is 24.0 Å². The molecule has 0 aliphatic rings. The van der Waals surface area contributed by atoms with Crippen molar-refractivity contribution in [1.82, 2.24) is 9.88 Å². The summed E-state index contributed by atoms with van der Waals surface area (Å²) in [6.45, 7) is -0.211. The average molecular weight is 285 g/mol. The third kappa shape index (κ3) is 2.98. The van der Waals surface area contributed by atoms with Crippen LogP contribution in [-0.4, -0.2) is 17.5 Å². The van der Waals surface area contributed by atoms with E-state index in [1.165, 1.54) is 41.9 Å². The molecule has 0 spiro atoms. The van der Waals surface area contributed by atoms with Crippen LogP contribution in [0.4, 0.5) is 4.39 Å². The lowest BCUT2D eigenvalue weighted by Gasteiger charge is -2.12. The van der Waals surface area contributed by atoms with E-state index < -0.39 is 11.4 Å². The van der Waals surface area contributed by atoms with E-state index in [9.17, 15) is 14.0 Å². The first-order valence-electron chi connectivity index (χ1n) is 6.17. The molecule has 0 unspecified atom stereocenters. The van der Waals surface area contributed by atoms with Crippen molar-refractivity contribution < 1.29 is 9.18 Å². The fourth-order valence-electron chi connectivity index (χ4n) is 1.92. The number of hydrogen-bond acceptors (Lipinski definition) is 3. The zero-order valence-electron chi connectivity index (χ0n) is 11.3. The van der Waals surface area contributed by atoms with E-state index >= 15 is 0 Å². The van der Waals surface area contributed by atoms with Crippen LogP contribution < -0.4 is 10.9 Å². The Morgan fingerprint density at radius 3 is 2.52 bits per heavy atom. The Kier molecular flexibility index (Phi) is 4.14. The summed E-state index contributed by atoms with van der Waals surface area (Å²) < 4.78 is 14.2. The zero-order valence-corrected chi connectivity index (χ0v) is 11.3. The van der Waals surface area contributed by atoms with Gasteiger partial charge in [-0.2, -0.15) is 5.26 Å². The molecule has 106 valence electrons. The van der Waals surface area contributed by atoms with Gasteiger partial charge in [0.25, 0.3) is 5.56 Å². The average Bonchev–Trinajstić information content (AvgIpc) is 2.50. The third-order valence-electron chi connectivity index (χ3n) is 3.02. The van der Waals surface area contributed by atoms with E-state index in [0.29, 0.717) is 11.3 Å². The number of carbonyl (C=O) groups excluding carboxylic acids is 1. The lowest BCUT2D eigenvalue weighted by atomic mass is 10.1. The lowest BCUT2D eigenvalue weighted by molar-refractivity contribution is -0.121. The highest BCUT2D eigenvalue weighted by Gasteiger charge is 2.13. The second-order valence-electron chi connectivity index (χ2n) is 4.32. The Balaban J connectivity index is 2.62. The van der Waals surface area contributed by atoms with Crippen molar-refractivity contribution in [3.63, 3.8) is 0 Å². The first-order valence-corrected chi connectivity index (χ1v) is 6.17. The molecule has 1 aromatic heterocycles. The van der Waals surface area contributed by atoms with E-state index in [0.717, 1.165) is 0 Å². The fraction of sp³-hybridized carbons (Fsp3) is 0.133. The molecule has 1 heterocycles. The Morgan fingerprint density at radius 1 is 1.29 bits per heavy atom. The van der Waals surface area contributed by atoms with Gasteiger partial charge in [0, 0.05) is 7.05 Å². The van der Waals surface area contributed by atoms with Crippen LogP contribution in [-0.2, 0) is 11.3 Å². The van der Waals surface area contributed by atoms with Gasteiger partial charge in [-0.25, -0.2) is 4.39 Å². The number of carbonyl (C=O) groups is 1. The van der Waals surface area contributed by atoms with Gasteiger partial charge in [0.2, 0.25) is 5.91 Å². The fourth-order valence-corrected chi connectivity index (χ4v) is 1.92. The summed E-state index contributed by atoms with van der Waals surface area (Å²) in [5, 5.41) is 11.3. The van der Waals surface area contributed by atoms with Crippen molar-refractivity contribution in [3.8, 4) is 17.3 Å². The zero-order chi connectivity index (χ0) is 15.4. The number of rotatable bonds is 3. The highest BCUT2D eigenvalue weighted by Crippen LogP contribution is 2.18. The number of likely N-dealkylation sites (N-methyl/N-ethyl adjacent to an activating group) is 1. The minimum absolute atomic E-state index is 0.0511. The van der Waals surface area contributed by atoms with Crippen molar-refractivity contribution in [3.05, 3.63) is 58.1 Å². The second kappa shape index (κ2) is 6.01. The number of nitrogens with one attached hydrogen (secondary N) is 1. The van der Waals surface area contributed by atoms with Gasteiger partial charge in [-0.05, 0) is 42.0 Å². The van der Waals surface area contributed by atoms with Crippen LogP contribution in [0, 0.1) is 17.1 Å². The van der Waals surface area contributed by atoms with Crippen LogP contribution in [0.3, 0.4) is 0 Å². The molecule has 0 fully saturated rings. The highest BCUT2D eigenvalue weighted by molar-refractivity contribution is 5.76. The summed E-state index contributed by atoms with van der Waals surface area (Å²) >= 11 is 0. The maximum atomic E-state index is 13.0. The summed E-state index contributed by atoms with van der Waals surface area (Å²) in [5.74, 6) is -0.761. The first-order chi connectivity index (χ1) is 10.1. The van der Waals surface area contributed by atoms with Crippen LogP contribution in [0.5, 0.6) is 0 Å². The second-order valence-corrected chi connectivity index (χ2v) is 4.32. The molecule has 0 atom stereocenters. The van der Waals surface area contributed by atoms with E-state index in [2.05, 4.69) is 5.32 Å². The van der Waals surface area contributed by atoms with Gasteiger partial charge in [0.15, 0.2) is 0 Å². The van der Waals surface area contributed by atoms with Crippen molar-refractivity contribution in [2.24, 2.45) is 0 Å². The van der Waals surface area contributed by atoms with Gasteiger partial charge in [0.05, 0.1) is 5.69 Å². The Morgan fingerprint density at radius 2 is 1.95 bits per heavy atom. The molecule has 1 amide bonds. The number of amides is 1. The van der Waals surface area contributed by atoms with Crippen molar-refractivity contribution in [2.75, 3.05) is 7.05 Å². The Bertz CT molecular complexity index is 773. The van der Waals surface area contributed by atoms with Crippen LogP contribution in [0.2, 0.25) is 0 Å². The van der Waals surface area contributed by atoms with Crippen molar-refractivity contribution in [2.45, 2.75) is 6.54 Å². The molecule has 0 saturated carbocycles. The maximum Gasteiger partial charge on any atom is 0.269 e. The molecule has 2 aromatic rings. The van der Waals surface area contributed by atoms with Crippen molar-refractivity contribution in [1.29, 1.82) is 5.26 Å². The Labute approximate surface area is 120 Å². The smallest absolute Gasteiger partial charge is 0.269 e. The molecule has 6 heteroatoms. The molecule has 0 bridgehead atoms. The topological polar surface area (TPSA) is 74.9 Å². The molecule has 21 heavy (non-hydrogen) atoms. The summed E-state index contributed by atoms with van der Waals surface area (Å²) in [4.78, 5) is 23.8. The van der Waals surface area contributed by atoms with E-state index in [-0.39, 0.29) is 18.0 Å². The monoisotopic (exact) mass is 285 g/mol. The molecular weight excluding hydrogens is 273 g/mol. The highest BCUT2D eigenvalue weighted by atomic mass is 19.1. The normalized spacial score (nSPS) is 9.95. The maximum absolute atomic E-state index is 13.0. The van der Waals surface area contributed by atoms with E-state index in [1.54, 1.807) is 12.1 Å². The van der Waals surface area contributed by atoms with Gasteiger partial charge in [-0.3, -0.25) is 14.2 Å². The SMILES string of the molecule is CNC(=O)Cn1c(-c2ccc(F)cc2)ccc(C#N)c1=O. The Hall–Kier alpha value is -2.94. The molecule has 5 nitrogen and oxygen atoms in total. The molecule has 0 saturated heterocycles. The number of nitriles is 1. The predicted molar refractivity (Wildman–Crippen MR) is 74.9 cm³/mol. The van der Waals surface area contributed by atoms with Gasteiger partial charge >= 0.3 is 0 Å². The number of aromatic nitrogens is 1. The molecule has 0 aliphatic carbocycles.